The maximum absolute atomic E-state index is 12.7. The summed E-state index contributed by atoms with van der Waals surface area (Å²) in [4.78, 5) is 27.4. The SMILES string of the molecule is CCCSc1nc(NCC(F)(F)F)c2nnn([C@@H]3C[C@H](c4nn[nH]n4)[C@@H](O)[C@H]3O)c2n1.CCCSc1nc(NC[C@@H]2CCCO2)c2nnn([C@@H]3C[C@H](c4nn[nH]n4)[C@@H](O)[C@H]3O)c2n1.CCCSc1nc(N[C@@H]2C[C@H]2c2ccccc2)c2nnn([C@@H]3C[C@H](Cn4ccnn4)[C@@H](O)[C@H]3O)c2n1. The number of tetrazole rings is 2. The zero-order valence-corrected chi connectivity index (χ0v) is 56.1. The van der Waals surface area contributed by atoms with Crippen molar-refractivity contribution in [2.45, 2.75) is 191 Å². The quantitative estimate of drug-likeness (QED) is 0.0305. The summed E-state index contributed by atoms with van der Waals surface area (Å²) in [5, 5.41) is 135. The van der Waals surface area contributed by atoms with E-state index in [1.165, 1.54) is 22.0 Å². The summed E-state index contributed by atoms with van der Waals surface area (Å²) in [5.74, 6) is 3.34. The molecule has 4 aliphatic carbocycles. The highest BCUT2D eigenvalue weighted by molar-refractivity contribution is 7.99. The van der Waals surface area contributed by atoms with Crippen LogP contribution in [0, 0.1) is 5.92 Å². The van der Waals surface area contributed by atoms with Gasteiger partial charge in [-0.1, -0.05) is 118 Å². The number of nitrogens with one attached hydrogen (secondary N) is 5. The predicted molar refractivity (Wildman–Crippen MR) is 350 cm³/mol. The van der Waals surface area contributed by atoms with Gasteiger partial charge in [-0.3, -0.25) is 4.68 Å². The van der Waals surface area contributed by atoms with Crippen molar-refractivity contribution in [3.05, 3.63) is 59.9 Å². The molecule has 10 heterocycles. The molecule has 1 aromatic carbocycles. The molecule has 0 radical (unpaired) electrons. The van der Waals surface area contributed by atoms with Crippen LogP contribution in [0.1, 0.15) is 132 Å². The van der Waals surface area contributed by atoms with Crippen LogP contribution in [0.4, 0.5) is 30.6 Å². The number of aromatic nitrogens is 26. The molecule has 5 aliphatic rings. The summed E-state index contributed by atoms with van der Waals surface area (Å²) in [6.45, 7) is 6.75. The maximum Gasteiger partial charge on any atom is 0.405 e. The third-order valence-electron chi connectivity index (χ3n) is 17.8. The number of aliphatic hydroxyl groups is 6. The van der Waals surface area contributed by atoms with Crippen LogP contribution >= 0.6 is 35.3 Å². The van der Waals surface area contributed by atoms with E-state index in [4.69, 9.17) is 14.7 Å². The molecule has 99 heavy (non-hydrogen) atoms. The van der Waals surface area contributed by atoms with Gasteiger partial charge in [-0.25, -0.2) is 43.9 Å². The smallest absolute Gasteiger partial charge is 0.390 e. The Morgan fingerprint density at radius 1 is 0.576 bits per heavy atom. The van der Waals surface area contributed by atoms with Crippen LogP contribution in [0.2, 0.25) is 0 Å². The van der Waals surface area contributed by atoms with E-state index in [1.54, 1.807) is 50.0 Å². The average Bonchev–Trinajstić information content (AvgIpc) is 1.62. The van der Waals surface area contributed by atoms with E-state index in [2.05, 4.69) is 156 Å². The van der Waals surface area contributed by atoms with Gasteiger partial charge in [0.15, 0.2) is 78.1 Å². The highest BCUT2D eigenvalue weighted by atomic mass is 32.2. The predicted octanol–water partition coefficient (Wildman–Crippen LogP) is 3.20. The molecule has 0 spiro atoms. The van der Waals surface area contributed by atoms with Crippen LogP contribution in [-0.4, -0.2) is 254 Å². The number of aliphatic hydroxyl groups excluding tert-OH is 6. The average molecular weight is 1430 g/mol. The van der Waals surface area contributed by atoms with E-state index in [-0.39, 0.29) is 52.4 Å². The Hall–Kier alpha value is -8.10. The third-order valence-corrected chi connectivity index (χ3v) is 21.0. The highest BCUT2D eigenvalue weighted by Crippen LogP contribution is 2.46. The number of ether oxygens (including phenoxy) is 1. The lowest BCUT2D eigenvalue weighted by atomic mass is 10.1. The number of nitrogens with zero attached hydrogens (tertiary/aromatic N) is 24. The van der Waals surface area contributed by atoms with Crippen molar-refractivity contribution in [1.29, 1.82) is 0 Å². The number of halogens is 3. The van der Waals surface area contributed by atoms with Gasteiger partial charge < -0.3 is 51.3 Å². The monoisotopic (exact) mass is 1430 g/mol. The number of hydrogen-bond donors (Lipinski definition) is 11. The lowest BCUT2D eigenvalue weighted by Gasteiger charge is -2.17. The Labute approximate surface area is 573 Å². The number of fused-ring (bicyclic) bond motifs is 3. The third kappa shape index (κ3) is 15.5. The number of alkyl halides is 3. The first-order chi connectivity index (χ1) is 48.1. The molecule has 0 bridgehead atoms. The first kappa shape index (κ1) is 69.4. The van der Waals surface area contributed by atoms with Crippen LogP contribution in [0.15, 0.2) is 58.2 Å². The summed E-state index contributed by atoms with van der Waals surface area (Å²) >= 11 is 4.43. The van der Waals surface area contributed by atoms with Crippen LogP contribution in [0.5, 0.6) is 0 Å². The number of hydrogen-bond acceptors (Lipinski definition) is 33. The lowest BCUT2D eigenvalue weighted by molar-refractivity contribution is -0.115. The second-order valence-corrected chi connectivity index (χ2v) is 27.9. The van der Waals surface area contributed by atoms with Gasteiger partial charge in [0.1, 0.15) is 24.9 Å². The minimum atomic E-state index is -4.45. The van der Waals surface area contributed by atoms with Crippen molar-refractivity contribution < 1.29 is 48.5 Å². The van der Waals surface area contributed by atoms with Gasteiger partial charge in [-0.05, 0) is 63.4 Å². The number of thioether (sulfide) groups is 3. The van der Waals surface area contributed by atoms with Gasteiger partial charge in [0.05, 0.1) is 60.6 Å². The van der Waals surface area contributed by atoms with Crippen LogP contribution in [0.25, 0.3) is 33.5 Å². The molecule has 9 aromatic heterocycles. The van der Waals surface area contributed by atoms with Crippen molar-refractivity contribution in [3.8, 4) is 0 Å². The number of aromatic amines is 2. The number of anilines is 3. The molecule has 15 atom stereocenters. The Bertz CT molecular complexity index is 4240. The largest absolute Gasteiger partial charge is 0.405 e. The van der Waals surface area contributed by atoms with Crippen LogP contribution in [0.3, 0.4) is 0 Å². The normalized spacial score (nSPS) is 26.6. The van der Waals surface area contributed by atoms with Gasteiger partial charge in [0.25, 0.3) is 0 Å². The topological polar surface area (TPSA) is 476 Å². The molecule has 15 rings (SSSR count). The van der Waals surface area contributed by atoms with Crippen molar-refractivity contribution >= 4 is 86.2 Å². The van der Waals surface area contributed by atoms with Crippen molar-refractivity contribution in [3.63, 3.8) is 0 Å². The Morgan fingerprint density at radius 3 is 1.56 bits per heavy atom. The molecule has 10 aromatic rings. The molecular formula is C57H74F3N29O7S3. The van der Waals surface area contributed by atoms with Gasteiger partial charge in [-0.2, -0.15) is 23.6 Å². The number of benzene rings is 1. The number of H-pyrrole nitrogens is 2. The molecule has 0 amide bonds. The Balaban J connectivity index is 0.000000134. The molecule has 42 heteroatoms. The van der Waals surface area contributed by atoms with E-state index >= 15 is 0 Å². The molecule has 0 unspecified atom stereocenters. The molecule has 5 fully saturated rings. The van der Waals surface area contributed by atoms with Gasteiger partial charge in [0, 0.05) is 61.0 Å². The second kappa shape index (κ2) is 30.8. The van der Waals surface area contributed by atoms with E-state index in [0.717, 1.165) is 56.6 Å². The molecular weight excluding hydrogens is 1360 g/mol. The highest BCUT2D eigenvalue weighted by Gasteiger charge is 2.49. The van der Waals surface area contributed by atoms with Gasteiger partial charge >= 0.3 is 6.18 Å². The van der Waals surface area contributed by atoms with Crippen LogP contribution in [-0.2, 0) is 11.3 Å². The fourth-order valence-corrected chi connectivity index (χ4v) is 14.9. The first-order valence-corrected chi connectivity index (χ1v) is 35.7. The first-order valence-electron chi connectivity index (χ1n) is 32.7. The standard InChI is InChI=1S/C24H29N9O2S.C18H26N10O3S.C15H19F3N10O2S/c1-2-10-36-24-27-22(26-17-12-16(17)14-6-4-3-5-7-14)19-23(28-24)33(31-29-19)18-11-15(20(34)21(18)35)13-32-9-8-25-30-32;1-2-6-32-18-20-16(19-8-9-4-3-5-31-9)12-17(21-18)28(27-22-12)11-7-10(13(29)14(11)30)15-23-25-26-24-15;1-2-3-31-14-20-12(19-5-15(16,17)18)8-13(21-14)28(27-22-8)7-4-6(9(29)10(7)30)11-23-25-26-24-11/h3-9,15-18,20-21,34-35H,2,10-13H2,1H3,(H,26,27,28);9-11,13-14,29-30H,2-8H2,1H3,(H,19,20,21)(H,23,24,25,26);6-7,9-10,29-30H,2-5H2,1H3,(H,19,20,21)(H,23,24,25,26)/t15-,16+,17-,18-,20-,21+;9-,10-,11+,13+,14-;6-,7+,9+,10-/m100/s1. The minimum absolute atomic E-state index is 0.0369. The minimum Gasteiger partial charge on any atom is -0.390 e. The Morgan fingerprint density at radius 2 is 1.08 bits per heavy atom. The van der Waals surface area contributed by atoms with Gasteiger partial charge in [-0.15, -0.1) is 40.8 Å². The fourth-order valence-electron chi connectivity index (χ4n) is 12.8. The van der Waals surface area contributed by atoms with E-state index in [9.17, 15) is 43.8 Å². The van der Waals surface area contributed by atoms with E-state index < -0.39 is 79.3 Å². The molecule has 1 aliphatic heterocycles. The molecule has 528 valence electrons. The zero-order chi connectivity index (χ0) is 68.9. The zero-order valence-electron chi connectivity index (χ0n) is 53.7. The summed E-state index contributed by atoms with van der Waals surface area (Å²) in [7, 11) is 0. The maximum atomic E-state index is 12.7. The van der Waals surface area contributed by atoms with E-state index in [0.29, 0.717) is 87.7 Å². The molecule has 36 nitrogen and oxygen atoms in total. The van der Waals surface area contributed by atoms with E-state index in [1.807, 2.05) is 13.0 Å². The Kier molecular flexibility index (Phi) is 21.6. The van der Waals surface area contributed by atoms with Crippen molar-refractivity contribution in [2.75, 3.05) is 52.9 Å². The number of rotatable bonds is 24. The lowest BCUT2D eigenvalue weighted by Crippen LogP contribution is -2.31. The molecule has 11 N–H and O–H groups in total. The van der Waals surface area contributed by atoms with Crippen molar-refractivity contribution in [2.24, 2.45) is 5.92 Å². The molecule has 1 saturated heterocycles. The fraction of sp³-hybridized carbons (Fsp3) is 0.614. The summed E-state index contributed by atoms with van der Waals surface area (Å²) in [6, 6.07) is 9.00. The second-order valence-electron chi connectivity index (χ2n) is 24.7. The molecule has 4 saturated carbocycles. The van der Waals surface area contributed by atoms with Crippen molar-refractivity contribution in [1.82, 2.24) is 131 Å². The summed E-state index contributed by atoms with van der Waals surface area (Å²) in [6.07, 6.45) is -0.439. The van der Waals surface area contributed by atoms with Gasteiger partial charge in [0.2, 0.25) is 0 Å². The summed E-state index contributed by atoms with van der Waals surface area (Å²) in [5.41, 5.74) is 3.69. The van der Waals surface area contributed by atoms with Crippen LogP contribution < -0.4 is 16.0 Å². The summed E-state index contributed by atoms with van der Waals surface area (Å²) < 4.78 is 50.1.